The first-order valence-electron chi connectivity index (χ1n) is 12.0. The summed E-state index contributed by atoms with van der Waals surface area (Å²) in [5.41, 5.74) is 12.1. The maximum absolute atomic E-state index is 4.73. The second-order valence-corrected chi connectivity index (χ2v) is 9.63. The third-order valence-electron chi connectivity index (χ3n) is 7.91. The second kappa shape index (κ2) is 6.92. The fourth-order valence-electron chi connectivity index (χ4n) is 6.43. The molecule has 2 aliphatic carbocycles. The first kappa shape index (κ1) is 18.9. The van der Waals surface area contributed by atoms with Crippen LogP contribution < -0.4 is 0 Å². The van der Waals surface area contributed by atoms with E-state index in [2.05, 4.69) is 96.4 Å². The standard InChI is InChI=1S/C31H26N2/c1-21-32-29-10-4-5-11-30(29)33(21)24-15-12-22(13-16-24)23-14-17-26-25-8-2-3-9-27(25)31(28(26)20-23)18-6-7-19-31/h2-5,8-17,20H,6-7,18-19H2,1H3. The third kappa shape index (κ3) is 2.64. The molecule has 0 radical (unpaired) electrons. The lowest BCUT2D eigenvalue weighted by atomic mass is 9.76. The molecule has 160 valence electrons. The molecule has 1 spiro atoms. The number of nitrogens with zero attached hydrogens (tertiary/aromatic N) is 2. The van der Waals surface area contributed by atoms with Crippen LogP contribution in [0.15, 0.2) is 91.0 Å². The van der Waals surface area contributed by atoms with E-state index in [-0.39, 0.29) is 5.41 Å². The van der Waals surface area contributed by atoms with Crippen LogP contribution in [0.2, 0.25) is 0 Å². The normalized spacial score (nSPS) is 15.8. The monoisotopic (exact) mass is 426 g/mol. The van der Waals surface area contributed by atoms with Gasteiger partial charge >= 0.3 is 0 Å². The molecular weight excluding hydrogens is 400 g/mol. The van der Waals surface area contributed by atoms with Gasteiger partial charge in [-0.05, 0) is 83.5 Å². The van der Waals surface area contributed by atoms with E-state index in [1.54, 1.807) is 11.1 Å². The van der Waals surface area contributed by atoms with Crippen molar-refractivity contribution in [2.24, 2.45) is 0 Å². The molecule has 0 atom stereocenters. The van der Waals surface area contributed by atoms with Crippen molar-refractivity contribution in [1.29, 1.82) is 0 Å². The number of hydrogen-bond acceptors (Lipinski definition) is 1. The Morgan fingerprint density at radius 3 is 2.24 bits per heavy atom. The summed E-state index contributed by atoms with van der Waals surface area (Å²) in [7, 11) is 0. The predicted molar refractivity (Wildman–Crippen MR) is 136 cm³/mol. The molecule has 1 heterocycles. The van der Waals surface area contributed by atoms with E-state index in [9.17, 15) is 0 Å². The minimum absolute atomic E-state index is 0.217. The number of fused-ring (bicyclic) bond motifs is 6. The predicted octanol–water partition coefficient (Wildman–Crippen LogP) is 7.84. The Morgan fingerprint density at radius 2 is 1.39 bits per heavy atom. The summed E-state index contributed by atoms with van der Waals surface area (Å²) in [6.45, 7) is 2.08. The van der Waals surface area contributed by atoms with Crippen molar-refractivity contribution in [2.45, 2.75) is 38.0 Å². The summed E-state index contributed by atoms with van der Waals surface area (Å²) < 4.78 is 2.24. The molecule has 0 N–H and O–H groups in total. The molecule has 0 bridgehead atoms. The van der Waals surface area contributed by atoms with Gasteiger partial charge < -0.3 is 0 Å². The Balaban J connectivity index is 1.32. The summed E-state index contributed by atoms with van der Waals surface area (Å²) in [4.78, 5) is 4.73. The van der Waals surface area contributed by atoms with Crippen molar-refractivity contribution in [2.75, 3.05) is 0 Å². The molecule has 33 heavy (non-hydrogen) atoms. The van der Waals surface area contributed by atoms with Crippen LogP contribution in [0.25, 0.3) is 39.0 Å². The molecular formula is C31H26N2. The highest BCUT2D eigenvalue weighted by Gasteiger charge is 2.44. The Kier molecular flexibility index (Phi) is 3.96. The highest BCUT2D eigenvalue weighted by molar-refractivity contribution is 5.84. The molecule has 2 aliphatic rings. The van der Waals surface area contributed by atoms with Gasteiger partial charge in [0.2, 0.25) is 0 Å². The molecule has 2 nitrogen and oxygen atoms in total. The van der Waals surface area contributed by atoms with Crippen molar-refractivity contribution in [1.82, 2.24) is 9.55 Å². The molecule has 1 fully saturated rings. The number of benzene rings is 4. The number of imidazole rings is 1. The van der Waals surface area contributed by atoms with Gasteiger partial charge in [0.1, 0.15) is 5.82 Å². The summed E-state index contributed by atoms with van der Waals surface area (Å²) in [6, 6.07) is 33.5. The Morgan fingerprint density at radius 1 is 0.697 bits per heavy atom. The van der Waals surface area contributed by atoms with Gasteiger partial charge in [0, 0.05) is 11.1 Å². The topological polar surface area (TPSA) is 17.8 Å². The lowest BCUT2D eigenvalue weighted by Gasteiger charge is -2.27. The van der Waals surface area contributed by atoms with Crippen LogP contribution >= 0.6 is 0 Å². The number of para-hydroxylation sites is 2. The molecule has 0 amide bonds. The third-order valence-corrected chi connectivity index (χ3v) is 7.91. The maximum atomic E-state index is 4.73. The van der Waals surface area contributed by atoms with Gasteiger partial charge in [-0.2, -0.15) is 0 Å². The second-order valence-electron chi connectivity index (χ2n) is 9.63. The average molecular weight is 427 g/mol. The van der Waals surface area contributed by atoms with Crippen molar-refractivity contribution in [3.05, 3.63) is 108 Å². The first-order chi connectivity index (χ1) is 16.2. The fraction of sp³-hybridized carbons (Fsp3) is 0.194. The minimum Gasteiger partial charge on any atom is -0.297 e. The van der Waals surface area contributed by atoms with Crippen LogP contribution in [0, 0.1) is 6.92 Å². The van der Waals surface area contributed by atoms with Crippen LogP contribution in [0.4, 0.5) is 0 Å². The largest absolute Gasteiger partial charge is 0.297 e. The molecule has 1 saturated carbocycles. The van der Waals surface area contributed by atoms with Gasteiger partial charge in [-0.3, -0.25) is 4.57 Å². The first-order valence-corrected chi connectivity index (χ1v) is 12.0. The van der Waals surface area contributed by atoms with Gasteiger partial charge in [-0.15, -0.1) is 0 Å². The molecule has 2 heteroatoms. The quantitative estimate of drug-likeness (QED) is 0.281. The minimum atomic E-state index is 0.217. The van der Waals surface area contributed by atoms with E-state index >= 15 is 0 Å². The average Bonchev–Trinajstić information content (AvgIpc) is 3.55. The fourth-order valence-corrected chi connectivity index (χ4v) is 6.43. The molecule has 1 aromatic heterocycles. The van der Waals surface area contributed by atoms with E-state index in [1.807, 2.05) is 6.07 Å². The maximum Gasteiger partial charge on any atom is 0.111 e. The van der Waals surface area contributed by atoms with E-state index < -0.39 is 0 Å². The number of aryl methyl sites for hydroxylation is 1. The molecule has 5 aromatic rings. The Hall–Kier alpha value is -3.65. The number of hydrogen-bond donors (Lipinski definition) is 0. The Bertz CT molecular complexity index is 1510. The van der Waals surface area contributed by atoms with Crippen molar-refractivity contribution >= 4 is 11.0 Å². The van der Waals surface area contributed by atoms with E-state index in [1.165, 1.54) is 47.9 Å². The van der Waals surface area contributed by atoms with Crippen molar-refractivity contribution in [3.63, 3.8) is 0 Å². The number of rotatable bonds is 2. The van der Waals surface area contributed by atoms with Crippen molar-refractivity contribution in [3.8, 4) is 27.9 Å². The SMILES string of the molecule is Cc1nc2ccccc2n1-c1ccc(-c2ccc3c(c2)C2(CCCC2)c2ccccc2-3)cc1. The molecule has 0 saturated heterocycles. The summed E-state index contributed by atoms with van der Waals surface area (Å²) in [5, 5.41) is 0. The van der Waals surface area contributed by atoms with Gasteiger partial charge in [0.05, 0.1) is 11.0 Å². The summed E-state index contributed by atoms with van der Waals surface area (Å²) >= 11 is 0. The summed E-state index contributed by atoms with van der Waals surface area (Å²) in [5.74, 6) is 1.02. The highest BCUT2D eigenvalue weighted by Crippen LogP contribution is 2.57. The van der Waals surface area contributed by atoms with Gasteiger partial charge in [0.25, 0.3) is 0 Å². The lowest BCUT2D eigenvalue weighted by Crippen LogP contribution is -2.20. The van der Waals surface area contributed by atoms with E-state index in [4.69, 9.17) is 4.98 Å². The zero-order valence-corrected chi connectivity index (χ0v) is 18.9. The van der Waals surface area contributed by atoms with Gasteiger partial charge in [0.15, 0.2) is 0 Å². The van der Waals surface area contributed by atoms with E-state index in [0.717, 1.165) is 22.5 Å². The van der Waals surface area contributed by atoms with Crippen molar-refractivity contribution < 1.29 is 0 Å². The highest BCUT2D eigenvalue weighted by atomic mass is 15.1. The van der Waals surface area contributed by atoms with Crippen LogP contribution in [0.5, 0.6) is 0 Å². The molecule has 0 unspecified atom stereocenters. The zero-order valence-electron chi connectivity index (χ0n) is 18.9. The smallest absolute Gasteiger partial charge is 0.111 e. The van der Waals surface area contributed by atoms with Crippen LogP contribution in [-0.4, -0.2) is 9.55 Å². The molecule has 0 aliphatic heterocycles. The lowest BCUT2D eigenvalue weighted by molar-refractivity contribution is 0.550. The number of aromatic nitrogens is 2. The van der Waals surface area contributed by atoms with E-state index in [0.29, 0.717) is 0 Å². The van der Waals surface area contributed by atoms with Crippen LogP contribution in [0.3, 0.4) is 0 Å². The van der Waals surface area contributed by atoms with Gasteiger partial charge in [-0.1, -0.05) is 73.5 Å². The Labute approximate surface area is 194 Å². The molecule has 4 aromatic carbocycles. The van der Waals surface area contributed by atoms with Crippen LogP contribution in [-0.2, 0) is 5.41 Å². The zero-order chi connectivity index (χ0) is 22.0. The van der Waals surface area contributed by atoms with Gasteiger partial charge in [-0.25, -0.2) is 4.98 Å². The van der Waals surface area contributed by atoms with Crippen LogP contribution in [0.1, 0.15) is 42.6 Å². The molecule has 7 rings (SSSR count). The summed E-state index contributed by atoms with van der Waals surface area (Å²) in [6.07, 6.45) is 5.19.